The third-order valence-corrected chi connectivity index (χ3v) is 6.54. The standard InChI is InChI=1S/C29H30N4O3/c1-35-24-13-14-25(27(19-24)36-2)28-26(21-33(30-28)23-11-7-4-8-12-23)29(34)32-17-15-31(16-18-32)20-22-9-5-3-6-10-22/h3-14,19,21H,15-18,20H2,1-2H3. The summed E-state index contributed by atoms with van der Waals surface area (Å²) < 4.78 is 12.8. The van der Waals surface area contributed by atoms with E-state index in [2.05, 4.69) is 29.2 Å². The second-order valence-corrected chi connectivity index (χ2v) is 8.79. The fraction of sp³-hybridized carbons (Fsp3) is 0.241. The average Bonchev–Trinajstić information content (AvgIpc) is 3.39. The summed E-state index contributed by atoms with van der Waals surface area (Å²) in [5.41, 5.74) is 4.07. The molecule has 0 atom stereocenters. The molecular formula is C29H30N4O3. The van der Waals surface area contributed by atoms with Crippen LogP contribution in [-0.2, 0) is 6.54 Å². The van der Waals surface area contributed by atoms with Crippen molar-refractivity contribution in [3.63, 3.8) is 0 Å². The van der Waals surface area contributed by atoms with E-state index in [1.165, 1.54) is 5.56 Å². The number of nitrogens with zero attached hydrogens (tertiary/aromatic N) is 4. The Morgan fingerprint density at radius 1 is 0.861 bits per heavy atom. The van der Waals surface area contributed by atoms with Crippen LogP contribution < -0.4 is 9.47 Å². The Bertz CT molecular complexity index is 1310. The normalized spacial score (nSPS) is 14.0. The molecule has 0 unspecified atom stereocenters. The van der Waals surface area contributed by atoms with Gasteiger partial charge in [-0.2, -0.15) is 5.10 Å². The minimum Gasteiger partial charge on any atom is -0.497 e. The van der Waals surface area contributed by atoms with Crippen LogP contribution in [0.1, 0.15) is 15.9 Å². The fourth-order valence-corrected chi connectivity index (χ4v) is 4.56. The van der Waals surface area contributed by atoms with Gasteiger partial charge < -0.3 is 14.4 Å². The second kappa shape index (κ2) is 10.7. The van der Waals surface area contributed by atoms with Crippen molar-refractivity contribution in [2.45, 2.75) is 6.54 Å². The van der Waals surface area contributed by atoms with Gasteiger partial charge in [-0.05, 0) is 29.8 Å². The number of hydrogen-bond donors (Lipinski definition) is 0. The zero-order valence-electron chi connectivity index (χ0n) is 20.6. The zero-order valence-corrected chi connectivity index (χ0v) is 20.6. The third-order valence-electron chi connectivity index (χ3n) is 6.54. The summed E-state index contributed by atoms with van der Waals surface area (Å²) in [7, 11) is 3.23. The quantitative estimate of drug-likeness (QED) is 0.388. The van der Waals surface area contributed by atoms with Crippen molar-refractivity contribution >= 4 is 5.91 Å². The second-order valence-electron chi connectivity index (χ2n) is 8.79. The Labute approximate surface area is 211 Å². The van der Waals surface area contributed by atoms with Crippen molar-refractivity contribution in [2.75, 3.05) is 40.4 Å². The van der Waals surface area contributed by atoms with E-state index in [0.717, 1.165) is 30.9 Å². The highest BCUT2D eigenvalue weighted by molar-refractivity contribution is 6.00. The number of ether oxygens (including phenoxy) is 2. The summed E-state index contributed by atoms with van der Waals surface area (Å²) >= 11 is 0. The molecule has 7 heteroatoms. The van der Waals surface area contributed by atoms with E-state index in [0.29, 0.717) is 35.8 Å². The number of para-hydroxylation sites is 1. The lowest BCUT2D eigenvalue weighted by Gasteiger charge is -2.34. The van der Waals surface area contributed by atoms with Crippen LogP contribution in [-0.4, -0.2) is 65.9 Å². The lowest BCUT2D eigenvalue weighted by atomic mass is 10.1. The first kappa shape index (κ1) is 23.6. The van der Waals surface area contributed by atoms with E-state index in [1.54, 1.807) is 18.9 Å². The molecule has 0 saturated carbocycles. The first-order valence-electron chi connectivity index (χ1n) is 12.1. The Balaban J connectivity index is 1.43. The van der Waals surface area contributed by atoms with Crippen LogP contribution in [0.25, 0.3) is 16.9 Å². The number of rotatable bonds is 7. The summed E-state index contributed by atoms with van der Waals surface area (Å²) in [6.07, 6.45) is 1.83. The van der Waals surface area contributed by atoms with Gasteiger partial charge in [0.1, 0.15) is 17.2 Å². The zero-order chi connectivity index (χ0) is 24.9. The Hall–Kier alpha value is -4.10. The van der Waals surface area contributed by atoms with Gasteiger partial charge in [0.2, 0.25) is 0 Å². The van der Waals surface area contributed by atoms with Crippen molar-refractivity contribution < 1.29 is 14.3 Å². The van der Waals surface area contributed by atoms with Gasteiger partial charge in [-0.3, -0.25) is 9.69 Å². The first-order valence-corrected chi connectivity index (χ1v) is 12.1. The van der Waals surface area contributed by atoms with Crippen molar-refractivity contribution in [1.29, 1.82) is 0 Å². The molecule has 0 spiro atoms. The molecule has 2 heterocycles. The highest BCUT2D eigenvalue weighted by atomic mass is 16.5. The van der Waals surface area contributed by atoms with Crippen molar-refractivity contribution in [1.82, 2.24) is 19.6 Å². The van der Waals surface area contributed by atoms with E-state index in [9.17, 15) is 4.79 Å². The molecule has 1 aromatic heterocycles. The molecule has 1 aliphatic heterocycles. The number of benzene rings is 3. The monoisotopic (exact) mass is 482 g/mol. The highest BCUT2D eigenvalue weighted by Crippen LogP contribution is 2.35. The topological polar surface area (TPSA) is 59.8 Å². The van der Waals surface area contributed by atoms with Crippen molar-refractivity contribution in [2.24, 2.45) is 0 Å². The summed E-state index contributed by atoms with van der Waals surface area (Å²) in [5.74, 6) is 1.26. The van der Waals surface area contributed by atoms with E-state index < -0.39 is 0 Å². The van der Waals surface area contributed by atoms with Gasteiger partial charge in [0.15, 0.2) is 0 Å². The van der Waals surface area contributed by atoms with Crippen molar-refractivity contribution in [3.8, 4) is 28.4 Å². The van der Waals surface area contributed by atoms with E-state index >= 15 is 0 Å². The molecular weight excluding hydrogens is 452 g/mol. The minimum absolute atomic E-state index is 0.0237. The molecule has 0 radical (unpaired) electrons. The highest BCUT2D eigenvalue weighted by Gasteiger charge is 2.28. The molecule has 3 aromatic carbocycles. The molecule has 1 aliphatic rings. The van der Waals surface area contributed by atoms with Crippen LogP contribution in [0, 0.1) is 0 Å². The predicted octanol–water partition coefficient (Wildman–Crippen LogP) is 4.51. The van der Waals surface area contributed by atoms with Crippen LogP contribution in [0.2, 0.25) is 0 Å². The van der Waals surface area contributed by atoms with E-state index in [1.807, 2.05) is 65.7 Å². The number of amides is 1. The average molecular weight is 483 g/mol. The van der Waals surface area contributed by atoms with Gasteiger partial charge >= 0.3 is 0 Å². The maximum absolute atomic E-state index is 13.8. The number of piperazine rings is 1. The minimum atomic E-state index is -0.0237. The molecule has 1 fully saturated rings. The molecule has 0 bridgehead atoms. The van der Waals surface area contributed by atoms with Gasteiger partial charge in [-0.15, -0.1) is 0 Å². The van der Waals surface area contributed by atoms with Crippen molar-refractivity contribution in [3.05, 3.63) is 96.2 Å². The van der Waals surface area contributed by atoms with Gasteiger partial charge in [-0.1, -0.05) is 48.5 Å². The molecule has 0 aliphatic carbocycles. The SMILES string of the molecule is COc1ccc(-c2nn(-c3ccccc3)cc2C(=O)N2CCN(Cc3ccccc3)CC2)c(OC)c1. The molecule has 5 rings (SSSR count). The molecule has 4 aromatic rings. The van der Waals surface area contributed by atoms with E-state index in [-0.39, 0.29) is 5.91 Å². The Morgan fingerprint density at radius 2 is 1.56 bits per heavy atom. The molecule has 36 heavy (non-hydrogen) atoms. The summed E-state index contributed by atoms with van der Waals surface area (Å²) in [6, 6.07) is 25.8. The Morgan fingerprint density at radius 3 is 2.22 bits per heavy atom. The number of hydrogen-bond acceptors (Lipinski definition) is 5. The van der Waals surface area contributed by atoms with Crippen LogP contribution >= 0.6 is 0 Å². The predicted molar refractivity (Wildman–Crippen MR) is 140 cm³/mol. The van der Waals surface area contributed by atoms with Gasteiger partial charge in [0.25, 0.3) is 5.91 Å². The van der Waals surface area contributed by atoms with Crippen LogP contribution in [0.4, 0.5) is 0 Å². The van der Waals surface area contributed by atoms with Gasteiger partial charge in [0.05, 0.1) is 25.5 Å². The maximum Gasteiger partial charge on any atom is 0.257 e. The Kier molecular flexibility index (Phi) is 7.00. The van der Waals surface area contributed by atoms with E-state index in [4.69, 9.17) is 14.6 Å². The van der Waals surface area contributed by atoms with Gasteiger partial charge in [-0.25, -0.2) is 4.68 Å². The third kappa shape index (κ3) is 4.97. The fourth-order valence-electron chi connectivity index (χ4n) is 4.56. The van der Waals surface area contributed by atoms with Crippen LogP contribution in [0.5, 0.6) is 11.5 Å². The summed E-state index contributed by atoms with van der Waals surface area (Å²) in [6.45, 7) is 3.88. The van der Waals surface area contributed by atoms with Crippen LogP contribution in [0.15, 0.2) is 85.1 Å². The number of carbonyl (C=O) groups excluding carboxylic acids is 1. The molecule has 7 nitrogen and oxygen atoms in total. The first-order chi connectivity index (χ1) is 17.7. The van der Waals surface area contributed by atoms with Crippen LogP contribution in [0.3, 0.4) is 0 Å². The molecule has 184 valence electrons. The number of methoxy groups -OCH3 is 2. The summed E-state index contributed by atoms with van der Waals surface area (Å²) in [5, 5.41) is 4.84. The number of carbonyl (C=O) groups is 1. The van der Waals surface area contributed by atoms with Gasteiger partial charge in [0, 0.05) is 50.6 Å². The largest absolute Gasteiger partial charge is 0.497 e. The molecule has 1 saturated heterocycles. The number of aromatic nitrogens is 2. The molecule has 1 amide bonds. The smallest absolute Gasteiger partial charge is 0.257 e. The lowest BCUT2D eigenvalue weighted by Crippen LogP contribution is -2.48. The maximum atomic E-state index is 13.8. The summed E-state index contributed by atoms with van der Waals surface area (Å²) in [4.78, 5) is 18.1. The lowest BCUT2D eigenvalue weighted by molar-refractivity contribution is 0.0629. The molecule has 0 N–H and O–H groups in total.